The fourth-order valence-corrected chi connectivity index (χ4v) is 7.23. The second-order valence-electron chi connectivity index (χ2n) is 14.4. The number of nitrogens with one attached hydrogen (secondary N) is 2. The summed E-state index contributed by atoms with van der Waals surface area (Å²) in [5.74, 6) is -0.510. The summed E-state index contributed by atoms with van der Waals surface area (Å²) in [6.07, 6.45) is -30.9. The molecule has 0 saturated carbocycles. The zero-order valence-electron chi connectivity index (χ0n) is 32.1. The fourth-order valence-electron chi connectivity index (χ4n) is 7.23. The van der Waals surface area contributed by atoms with E-state index in [2.05, 4.69) is 10.6 Å². The molecule has 5 rings (SSSR count). The second-order valence-corrected chi connectivity index (χ2v) is 14.4. The number of amides is 2. The Labute approximate surface area is 336 Å². The molecule has 13 N–H and O–H groups in total. The highest BCUT2D eigenvalue weighted by atomic mass is 16.8. The Morgan fingerprint density at radius 3 is 1.31 bits per heavy atom. The lowest BCUT2D eigenvalue weighted by molar-refractivity contribution is -0.382. The van der Waals surface area contributed by atoms with Crippen LogP contribution in [0.1, 0.15) is 13.8 Å². The van der Waals surface area contributed by atoms with Gasteiger partial charge in [-0.15, -0.1) is 0 Å². The van der Waals surface area contributed by atoms with Gasteiger partial charge >= 0.3 is 0 Å². The smallest absolute Gasteiger partial charge is 0.223 e. The number of hydrogen-bond acceptors (Lipinski definition) is 22. The molecular formula is C35H54N2O22. The number of hydrogen-bond donors (Lipinski definition) is 13. The van der Waals surface area contributed by atoms with Crippen LogP contribution in [0.4, 0.5) is 0 Å². The third kappa shape index (κ3) is 10.6. The lowest BCUT2D eigenvalue weighted by Gasteiger charge is -2.49. The molecule has 0 unspecified atom stereocenters. The van der Waals surface area contributed by atoms with E-state index in [9.17, 15) is 65.8 Å². The standard InChI is InChI=1S/C35H54N2O22/c1-12(42)36-20-23(45)22(44)16(8-38)53-33(20)57-30-18(10-40)55-35(27(49)25(30)47)59-31-19(11-41)56-34(28(50)26(31)48)58-29-17(9-39)54-32(21(24(29)46)37-13(2)43)52-15-6-4-14(51-3)5-7-15/h4-7,16-35,38-41,44-50H,8-11H2,1-3H3,(H,36,42)(H,37,43)/t16-,17-,18-,19-,20-,21-,22-,23-,24-,25-,26-,27-,28-,29-,30-,31-,32-,33+,34+,35+/m1/s1. The van der Waals surface area contributed by atoms with E-state index in [0.29, 0.717) is 5.75 Å². The Hall–Kier alpha value is -2.96. The molecule has 4 heterocycles. The van der Waals surface area contributed by atoms with E-state index in [1.54, 1.807) is 12.1 Å². The third-order valence-electron chi connectivity index (χ3n) is 10.3. The molecule has 20 atom stereocenters. The fraction of sp³-hybridized carbons (Fsp3) is 0.771. The molecule has 336 valence electrons. The average Bonchev–Trinajstić information content (AvgIpc) is 3.21. The number of carbonyl (C=O) groups excluding carboxylic acids is 2. The zero-order chi connectivity index (χ0) is 43.3. The number of aliphatic hydroxyl groups is 11. The van der Waals surface area contributed by atoms with Gasteiger partial charge in [0, 0.05) is 13.8 Å². The van der Waals surface area contributed by atoms with Gasteiger partial charge in [-0.2, -0.15) is 0 Å². The minimum Gasteiger partial charge on any atom is -0.497 e. The molecular weight excluding hydrogens is 800 g/mol. The van der Waals surface area contributed by atoms with E-state index in [1.807, 2.05) is 0 Å². The van der Waals surface area contributed by atoms with Crippen LogP contribution in [0.15, 0.2) is 24.3 Å². The average molecular weight is 855 g/mol. The topological polar surface area (TPSA) is 364 Å². The van der Waals surface area contributed by atoms with Gasteiger partial charge in [-0.1, -0.05) is 0 Å². The molecule has 0 radical (unpaired) electrons. The van der Waals surface area contributed by atoms with Gasteiger partial charge in [-0.3, -0.25) is 9.59 Å². The van der Waals surface area contributed by atoms with Crippen molar-refractivity contribution in [3.05, 3.63) is 24.3 Å². The SMILES string of the molecule is COc1ccc(O[C@@H]2O[C@H](CO)[C@@H](O[C@@H]3O[C@H](CO)[C@@H](O[C@@H]4O[C@H](CO)[C@@H](O[C@@H]5O[C@H](CO)[C@@H](O)[C@H](O)[C@H]5NC(C)=O)[C@H](O)[C@H]4O)[C@H](O)[C@H]3O)[C@H](O)[C@H]2NC(C)=O)cc1. The molecule has 0 aliphatic carbocycles. The highest BCUT2D eigenvalue weighted by molar-refractivity contribution is 5.73. The lowest BCUT2D eigenvalue weighted by atomic mass is 9.94. The van der Waals surface area contributed by atoms with Gasteiger partial charge in [0.1, 0.15) is 109 Å². The Kier molecular flexibility index (Phi) is 16.6. The number of aliphatic hydroxyl groups excluding tert-OH is 11. The van der Waals surface area contributed by atoms with Gasteiger partial charge in [0.25, 0.3) is 0 Å². The predicted molar refractivity (Wildman–Crippen MR) is 188 cm³/mol. The van der Waals surface area contributed by atoms with E-state index in [-0.39, 0.29) is 5.75 Å². The van der Waals surface area contributed by atoms with Crippen molar-refractivity contribution in [1.82, 2.24) is 10.6 Å². The van der Waals surface area contributed by atoms with Crippen LogP contribution in [-0.4, -0.2) is 224 Å². The van der Waals surface area contributed by atoms with Crippen molar-refractivity contribution in [2.45, 2.75) is 137 Å². The minimum atomic E-state index is -2.05. The molecule has 0 spiro atoms. The summed E-state index contributed by atoms with van der Waals surface area (Å²) in [6, 6.07) is 3.47. The summed E-state index contributed by atoms with van der Waals surface area (Å²) in [7, 11) is 1.47. The lowest BCUT2D eigenvalue weighted by Crippen LogP contribution is -2.69. The maximum atomic E-state index is 12.2. The van der Waals surface area contributed by atoms with E-state index in [0.717, 1.165) is 6.92 Å². The summed E-state index contributed by atoms with van der Waals surface area (Å²) < 4.78 is 51.1. The van der Waals surface area contributed by atoms with Gasteiger partial charge in [0.15, 0.2) is 18.9 Å². The number of benzene rings is 1. The van der Waals surface area contributed by atoms with Crippen LogP contribution in [0.5, 0.6) is 11.5 Å². The van der Waals surface area contributed by atoms with Crippen molar-refractivity contribution in [3.63, 3.8) is 0 Å². The molecule has 0 aromatic heterocycles. The summed E-state index contributed by atoms with van der Waals surface area (Å²) in [5, 5.41) is 122. The van der Waals surface area contributed by atoms with Crippen LogP contribution in [0, 0.1) is 0 Å². The Balaban J connectivity index is 1.27. The van der Waals surface area contributed by atoms with Crippen molar-refractivity contribution in [3.8, 4) is 11.5 Å². The molecule has 4 aliphatic rings. The van der Waals surface area contributed by atoms with Crippen LogP contribution in [-0.2, 0) is 42.7 Å². The van der Waals surface area contributed by atoms with E-state index in [4.69, 9.17) is 42.6 Å². The van der Waals surface area contributed by atoms with Crippen molar-refractivity contribution in [2.75, 3.05) is 33.5 Å². The number of carbonyl (C=O) groups is 2. The molecule has 2 amide bonds. The first kappa shape index (κ1) is 47.1. The van der Waals surface area contributed by atoms with Crippen LogP contribution < -0.4 is 20.1 Å². The highest BCUT2D eigenvalue weighted by Gasteiger charge is 2.55. The van der Waals surface area contributed by atoms with Gasteiger partial charge in [-0.25, -0.2) is 0 Å². The van der Waals surface area contributed by atoms with E-state index < -0.39 is 161 Å². The maximum Gasteiger partial charge on any atom is 0.223 e. The van der Waals surface area contributed by atoms with Crippen LogP contribution in [0.3, 0.4) is 0 Å². The molecule has 24 nitrogen and oxygen atoms in total. The summed E-state index contributed by atoms with van der Waals surface area (Å²) in [5.41, 5.74) is 0. The number of ether oxygens (including phenoxy) is 9. The van der Waals surface area contributed by atoms with Gasteiger partial charge < -0.3 is 109 Å². The Morgan fingerprint density at radius 1 is 0.508 bits per heavy atom. The number of rotatable bonds is 15. The molecule has 24 heteroatoms. The van der Waals surface area contributed by atoms with E-state index in [1.165, 1.54) is 26.2 Å². The van der Waals surface area contributed by atoms with Crippen molar-refractivity contribution >= 4 is 11.8 Å². The zero-order valence-corrected chi connectivity index (χ0v) is 32.1. The quantitative estimate of drug-likeness (QED) is 0.0779. The van der Waals surface area contributed by atoms with Crippen LogP contribution in [0.25, 0.3) is 0 Å². The normalized spacial score (nSPS) is 42.7. The number of methoxy groups -OCH3 is 1. The van der Waals surface area contributed by atoms with Gasteiger partial charge in [0.2, 0.25) is 18.1 Å². The molecule has 0 bridgehead atoms. The Morgan fingerprint density at radius 2 is 0.881 bits per heavy atom. The largest absolute Gasteiger partial charge is 0.497 e. The highest BCUT2D eigenvalue weighted by Crippen LogP contribution is 2.35. The minimum absolute atomic E-state index is 0.249. The summed E-state index contributed by atoms with van der Waals surface area (Å²) in [4.78, 5) is 24.0. The van der Waals surface area contributed by atoms with E-state index >= 15 is 0 Å². The van der Waals surface area contributed by atoms with Crippen LogP contribution in [0.2, 0.25) is 0 Å². The van der Waals surface area contributed by atoms with Gasteiger partial charge in [0.05, 0.1) is 33.5 Å². The molecule has 4 aliphatic heterocycles. The summed E-state index contributed by atoms with van der Waals surface area (Å²) >= 11 is 0. The van der Waals surface area contributed by atoms with Crippen molar-refractivity contribution in [2.24, 2.45) is 0 Å². The first-order chi connectivity index (χ1) is 28.1. The summed E-state index contributed by atoms with van der Waals surface area (Å²) in [6.45, 7) is -1.13. The van der Waals surface area contributed by atoms with Crippen molar-refractivity contribution < 1.29 is 108 Å². The molecule has 59 heavy (non-hydrogen) atoms. The molecule has 4 fully saturated rings. The van der Waals surface area contributed by atoms with Crippen molar-refractivity contribution in [1.29, 1.82) is 0 Å². The van der Waals surface area contributed by atoms with Gasteiger partial charge in [-0.05, 0) is 24.3 Å². The maximum absolute atomic E-state index is 12.2. The molecule has 1 aromatic rings. The predicted octanol–water partition coefficient (Wildman–Crippen LogP) is -7.37. The third-order valence-corrected chi connectivity index (χ3v) is 10.3. The van der Waals surface area contributed by atoms with Crippen LogP contribution >= 0.6 is 0 Å². The first-order valence-corrected chi connectivity index (χ1v) is 18.7. The monoisotopic (exact) mass is 854 g/mol. The Bertz CT molecular complexity index is 1490. The molecule has 4 saturated heterocycles. The molecule has 1 aromatic carbocycles. The second kappa shape index (κ2) is 20.7. The first-order valence-electron chi connectivity index (χ1n) is 18.7.